The van der Waals surface area contributed by atoms with Crippen LogP contribution in [-0.2, 0) is 4.79 Å². The van der Waals surface area contributed by atoms with E-state index in [1.165, 1.54) is 19.1 Å². The third-order valence-corrected chi connectivity index (χ3v) is 5.96. The van der Waals surface area contributed by atoms with E-state index in [1.807, 2.05) is 4.90 Å². The van der Waals surface area contributed by atoms with Crippen LogP contribution in [0.5, 0.6) is 5.75 Å². The molecule has 1 aromatic carbocycles. The summed E-state index contributed by atoms with van der Waals surface area (Å²) in [5.74, 6) is -0.0364. The standard InChI is InChI=1S/C20H25Cl2NO3/c1-12(24)15-5-13(21)6-16(22)18(15)26-9-17(25)23-11-20(4)8-14(23)7-19(2,3)10-20/h5-6,14H,7-11H2,1-4H3/t14-,20+/m1/s1. The van der Waals surface area contributed by atoms with Gasteiger partial charge in [-0.05, 0) is 49.1 Å². The van der Waals surface area contributed by atoms with E-state index in [0.29, 0.717) is 10.6 Å². The van der Waals surface area contributed by atoms with E-state index in [-0.39, 0.29) is 45.9 Å². The first-order valence-corrected chi connectivity index (χ1v) is 9.68. The average Bonchev–Trinajstić information content (AvgIpc) is 2.74. The lowest BCUT2D eigenvalue weighted by molar-refractivity contribution is -0.134. The number of likely N-dealkylation sites (tertiary alicyclic amines) is 1. The number of hydrogen-bond acceptors (Lipinski definition) is 3. The number of halogens is 2. The molecule has 0 unspecified atom stereocenters. The number of nitrogens with zero attached hydrogens (tertiary/aromatic N) is 1. The van der Waals surface area contributed by atoms with Crippen LogP contribution in [0.2, 0.25) is 10.0 Å². The molecular formula is C20H25Cl2NO3. The number of benzene rings is 1. The maximum Gasteiger partial charge on any atom is 0.260 e. The number of ether oxygens (including phenoxy) is 1. The van der Waals surface area contributed by atoms with Crippen LogP contribution in [0.25, 0.3) is 0 Å². The monoisotopic (exact) mass is 397 g/mol. The van der Waals surface area contributed by atoms with E-state index in [9.17, 15) is 9.59 Å². The molecule has 2 bridgehead atoms. The summed E-state index contributed by atoms with van der Waals surface area (Å²) < 4.78 is 5.69. The molecule has 0 aromatic heterocycles. The minimum Gasteiger partial charge on any atom is -0.481 e. The summed E-state index contributed by atoms with van der Waals surface area (Å²) >= 11 is 12.2. The molecule has 1 heterocycles. The molecule has 0 radical (unpaired) electrons. The number of amides is 1. The van der Waals surface area contributed by atoms with Crippen molar-refractivity contribution in [3.05, 3.63) is 27.7 Å². The van der Waals surface area contributed by atoms with Gasteiger partial charge < -0.3 is 9.64 Å². The lowest BCUT2D eigenvalue weighted by Gasteiger charge is -2.39. The van der Waals surface area contributed by atoms with E-state index in [1.54, 1.807) is 0 Å². The van der Waals surface area contributed by atoms with Gasteiger partial charge in [-0.2, -0.15) is 0 Å². The van der Waals surface area contributed by atoms with Crippen molar-refractivity contribution in [2.75, 3.05) is 13.2 Å². The van der Waals surface area contributed by atoms with Gasteiger partial charge in [0.25, 0.3) is 5.91 Å². The fourth-order valence-electron chi connectivity index (χ4n) is 4.94. The minimum absolute atomic E-state index is 0.0584. The summed E-state index contributed by atoms with van der Waals surface area (Å²) in [6.07, 6.45) is 3.18. The number of Topliss-reactive ketones (excluding diaryl/α,β-unsaturated/α-hetero) is 1. The van der Waals surface area contributed by atoms with Crippen LogP contribution in [0.1, 0.15) is 57.3 Å². The summed E-state index contributed by atoms with van der Waals surface area (Å²) in [4.78, 5) is 26.6. The molecule has 1 aromatic rings. The number of fused-ring (bicyclic) bond motifs is 2. The van der Waals surface area contributed by atoms with Crippen LogP contribution >= 0.6 is 23.2 Å². The summed E-state index contributed by atoms with van der Waals surface area (Å²) in [6.45, 7) is 8.86. The van der Waals surface area contributed by atoms with Gasteiger partial charge in [0.15, 0.2) is 12.4 Å². The van der Waals surface area contributed by atoms with Crippen molar-refractivity contribution in [1.29, 1.82) is 0 Å². The summed E-state index contributed by atoms with van der Waals surface area (Å²) in [7, 11) is 0. The van der Waals surface area contributed by atoms with Crippen molar-refractivity contribution in [1.82, 2.24) is 4.90 Å². The second-order valence-corrected chi connectivity index (χ2v) is 9.69. The normalized spacial score (nSPS) is 26.7. The number of carbonyl (C=O) groups is 2. The summed E-state index contributed by atoms with van der Waals surface area (Å²) in [5.41, 5.74) is 0.711. The Morgan fingerprint density at radius 3 is 2.58 bits per heavy atom. The van der Waals surface area contributed by atoms with Crippen LogP contribution in [0.3, 0.4) is 0 Å². The van der Waals surface area contributed by atoms with Gasteiger partial charge >= 0.3 is 0 Å². The number of carbonyl (C=O) groups excluding carboxylic acids is 2. The summed E-state index contributed by atoms with van der Waals surface area (Å²) in [6, 6.07) is 3.29. The van der Waals surface area contributed by atoms with Gasteiger partial charge in [0.1, 0.15) is 5.75 Å². The molecule has 2 aliphatic rings. The topological polar surface area (TPSA) is 46.6 Å². The maximum atomic E-state index is 12.8. The highest BCUT2D eigenvalue weighted by molar-refractivity contribution is 6.36. The Kier molecular flexibility index (Phi) is 5.04. The number of rotatable bonds is 4. The Bertz CT molecular complexity index is 762. The fraction of sp³-hybridized carbons (Fsp3) is 0.600. The van der Waals surface area contributed by atoms with Crippen molar-refractivity contribution in [3.8, 4) is 5.75 Å². The van der Waals surface area contributed by atoms with Gasteiger partial charge in [-0.25, -0.2) is 0 Å². The SMILES string of the molecule is CC(=O)c1cc(Cl)cc(Cl)c1OCC(=O)N1C[C@@]2(C)C[C@H]1CC(C)(C)C2. The second-order valence-electron chi connectivity index (χ2n) is 8.84. The Morgan fingerprint density at radius 2 is 1.92 bits per heavy atom. The Labute approximate surface area is 164 Å². The van der Waals surface area contributed by atoms with Gasteiger partial charge in [0.2, 0.25) is 0 Å². The average molecular weight is 398 g/mol. The van der Waals surface area contributed by atoms with E-state index in [4.69, 9.17) is 27.9 Å². The largest absolute Gasteiger partial charge is 0.481 e. The highest BCUT2D eigenvalue weighted by Crippen LogP contribution is 2.52. The van der Waals surface area contributed by atoms with Crippen molar-refractivity contribution in [2.45, 2.75) is 53.0 Å². The molecule has 3 rings (SSSR count). The van der Waals surface area contributed by atoms with Crippen molar-refractivity contribution in [3.63, 3.8) is 0 Å². The molecule has 1 saturated heterocycles. The van der Waals surface area contributed by atoms with Gasteiger partial charge in [0.05, 0.1) is 10.6 Å². The predicted molar refractivity (Wildman–Crippen MR) is 103 cm³/mol. The Balaban J connectivity index is 1.74. The highest BCUT2D eigenvalue weighted by atomic mass is 35.5. The molecule has 2 atom stereocenters. The molecule has 0 N–H and O–H groups in total. The zero-order chi connectivity index (χ0) is 19.3. The zero-order valence-electron chi connectivity index (χ0n) is 15.7. The molecule has 6 heteroatoms. The van der Waals surface area contributed by atoms with Crippen LogP contribution in [0.15, 0.2) is 12.1 Å². The molecule has 1 saturated carbocycles. The van der Waals surface area contributed by atoms with Crippen molar-refractivity contribution >= 4 is 34.9 Å². The van der Waals surface area contributed by atoms with Gasteiger partial charge in [-0.15, -0.1) is 0 Å². The van der Waals surface area contributed by atoms with E-state index >= 15 is 0 Å². The van der Waals surface area contributed by atoms with Gasteiger partial charge in [0, 0.05) is 17.6 Å². The fourth-order valence-corrected chi connectivity index (χ4v) is 5.48. The molecule has 26 heavy (non-hydrogen) atoms. The van der Waals surface area contributed by atoms with E-state index in [0.717, 1.165) is 25.8 Å². The molecule has 0 spiro atoms. The van der Waals surface area contributed by atoms with E-state index < -0.39 is 0 Å². The quantitative estimate of drug-likeness (QED) is 0.671. The Morgan fingerprint density at radius 1 is 1.23 bits per heavy atom. The summed E-state index contributed by atoms with van der Waals surface area (Å²) in [5, 5.41) is 0.603. The molecule has 1 amide bonds. The zero-order valence-corrected chi connectivity index (χ0v) is 17.2. The Hall–Kier alpha value is -1.26. The lowest BCUT2D eigenvalue weighted by atomic mass is 9.65. The van der Waals surface area contributed by atoms with Crippen LogP contribution in [0, 0.1) is 10.8 Å². The second kappa shape index (κ2) is 6.72. The third-order valence-electron chi connectivity index (χ3n) is 5.46. The molecule has 2 fully saturated rings. The van der Waals surface area contributed by atoms with E-state index in [2.05, 4.69) is 20.8 Å². The lowest BCUT2D eigenvalue weighted by Crippen LogP contribution is -2.40. The molecular weight excluding hydrogens is 373 g/mol. The molecule has 1 aliphatic heterocycles. The van der Waals surface area contributed by atoms with Crippen LogP contribution in [0.4, 0.5) is 0 Å². The van der Waals surface area contributed by atoms with Gasteiger partial charge in [-0.1, -0.05) is 44.0 Å². The molecule has 142 valence electrons. The van der Waals surface area contributed by atoms with Crippen LogP contribution in [-0.4, -0.2) is 35.8 Å². The maximum absolute atomic E-state index is 12.8. The number of ketones is 1. The van der Waals surface area contributed by atoms with Gasteiger partial charge in [-0.3, -0.25) is 9.59 Å². The van der Waals surface area contributed by atoms with Crippen molar-refractivity contribution in [2.24, 2.45) is 10.8 Å². The highest BCUT2D eigenvalue weighted by Gasteiger charge is 2.50. The first-order valence-electron chi connectivity index (χ1n) is 8.92. The van der Waals surface area contributed by atoms with Crippen molar-refractivity contribution < 1.29 is 14.3 Å². The third kappa shape index (κ3) is 3.86. The number of hydrogen-bond donors (Lipinski definition) is 0. The first kappa shape index (κ1) is 19.5. The first-order chi connectivity index (χ1) is 12.0. The smallest absolute Gasteiger partial charge is 0.260 e. The predicted octanol–water partition coefficient (Wildman–Crippen LogP) is 5.00. The van der Waals surface area contributed by atoms with Crippen LogP contribution < -0.4 is 4.74 Å². The molecule has 4 nitrogen and oxygen atoms in total. The molecule has 1 aliphatic carbocycles. The minimum atomic E-state index is -0.205.